The molecule has 3 rings (SSSR count). The van der Waals surface area contributed by atoms with Crippen LogP contribution in [0.1, 0.15) is 44.1 Å². The number of primary amides is 1. The highest BCUT2D eigenvalue weighted by Crippen LogP contribution is 2.25. The third-order valence-electron chi connectivity index (χ3n) is 6.83. The summed E-state index contributed by atoms with van der Waals surface area (Å²) in [6, 6.07) is 24.4. The lowest BCUT2D eigenvalue weighted by atomic mass is 9.99. The maximum Gasteiger partial charge on any atom is 0.303 e. The molecule has 216 valence electrons. The summed E-state index contributed by atoms with van der Waals surface area (Å²) in [5.41, 5.74) is 16.3. The number of aliphatic carboxylic acids is 1. The van der Waals surface area contributed by atoms with Gasteiger partial charge >= 0.3 is 5.97 Å². The molecule has 0 heterocycles. The highest BCUT2D eigenvalue weighted by molar-refractivity contribution is 5.91. The molecule has 0 saturated heterocycles. The zero-order valence-electron chi connectivity index (χ0n) is 23.1. The van der Waals surface area contributed by atoms with E-state index in [2.05, 4.69) is 47.0 Å². The second-order valence-electron chi connectivity index (χ2n) is 9.94. The zero-order chi connectivity index (χ0) is 29.6. The van der Waals surface area contributed by atoms with Crippen LogP contribution in [0.3, 0.4) is 0 Å². The average molecular weight is 559 g/mol. The molecule has 0 fully saturated rings. The summed E-state index contributed by atoms with van der Waals surface area (Å²) < 4.78 is 0. The lowest BCUT2D eigenvalue weighted by Crippen LogP contribution is -2.53. The van der Waals surface area contributed by atoms with Crippen LogP contribution in [0, 0.1) is 0 Å². The number of amides is 3. The minimum atomic E-state index is -1.10. The lowest BCUT2D eigenvalue weighted by Gasteiger charge is -2.21. The molecule has 0 aromatic heterocycles. The van der Waals surface area contributed by atoms with Crippen LogP contribution in [0.5, 0.6) is 0 Å². The molecular weight excluding hydrogens is 520 g/mol. The molecule has 3 aromatic carbocycles. The summed E-state index contributed by atoms with van der Waals surface area (Å²) in [4.78, 5) is 48.4. The Labute approximate surface area is 240 Å². The Kier molecular flexibility index (Phi) is 12.1. The summed E-state index contributed by atoms with van der Waals surface area (Å²) in [6.45, 7) is 0.446. The van der Waals surface area contributed by atoms with Crippen LogP contribution in [-0.4, -0.2) is 47.4 Å². The van der Waals surface area contributed by atoms with E-state index in [0.29, 0.717) is 32.2 Å². The molecule has 0 radical (unpaired) electrons. The molecule has 0 aliphatic carbocycles. The average Bonchev–Trinajstić information content (AvgIpc) is 2.98. The Morgan fingerprint density at radius 3 is 1.78 bits per heavy atom. The molecule has 41 heavy (non-hydrogen) atoms. The highest BCUT2D eigenvalue weighted by atomic mass is 16.4. The molecule has 0 aliphatic rings. The maximum absolute atomic E-state index is 12.8. The van der Waals surface area contributed by atoms with Gasteiger partial charge in [-0.05, 0) is 66.5 Å². The minimum Gasteiger partial charge on any atom is -0.481 e. The van der Waals surface area contributed by atoms with Gasteiger partial charge < -0.3 is 27.2 Å². The largest absolute Gasteiger partial charge is 0.481 e. The van der Waals surface area contributed by atoms with Crippen LogP contribution in [0.15, 0.2) is 78.9 Å². The monoisotopic (exact) mass is 558 g/mol. The number of nitrogens with one attached hydrogen (secondary N) is 2. The third-order valence-corrected chi connectivity index (χ3v) is 6.83. The molecule has 7 N–H and O–H groups in total. The molecule has 0 spiro atoms. The molecule has 2 atom stereocenters. The summed E-state index contributed by atoms with van der Waals surface area (Å²) in [5, 5.41) is 14.3. The van der Waals surface area contributed by atoms with Crippen LogP contribution in [0.25, 0.3) is 22.3 Å². The van der Waals surface area contributed by atoms with Gasteiger partial charge in [0.15, 0.2) is 0 Å². The molecular formula is C32H38N4O5. The van der Waals surface area contributed by atoms with Crippen molar-refractivity contribution in [2.75, 3.05) is 6.54 Å². The van der Waals surface area contributed by atoms with Gasteiger partial charge in [0.2, 0.25) is 17.7 Å². The minimum absolute atomic E-state index is 0.109. The number of nitrogens with two attached hydrogens (primary N) is 2. The highest BCUT2D eigenvalue weighted by Gasteiger charge is 2.26. The normalized spacial score (nSPS) is 12.2. The number of benzene rings is 3. The molecule has 0 aliphatic heterocycles. The van der Waals surface area contributed by atoms with Crippen molar-refractivity contribution in [3.05, 3.63) is 84.4 Å². The van der Waals surface area contributed by atoms with Gasteiger partial charge in [-0.1, -0.05) is 78.9 Å². The van der Waals surface area contributed by atoms with E-state index in [-0.39, 0.29) is 19.3 Å². The number of unbranched alkanes of at least 4 members (excludes halogenated alkanes) is 1. The molecule has 0 saturated carbocycles. The number of carbonyl (C=O) groups is 4. The molecule has 1 unspecified atom stereocenters. The third kappa shape index (κ3) is 10.2. The smallest absolute Gasteiger partial charge is 0.303 e. The van der Waals surface area contributed by atoms with Gasteiger partial charge in [-0.15, -0.1) is 0 Å². The van der Waals surface area contributed by atoms with Gasteiger partial charge in [0.1, 0.15) is 12.1 Å². The van der Waals surface area contributed by atoms with Crippen LogP contribution in [0.2, 0.25) is 0 Å². The Bertz CT molecular complexity index is 1290. The van der Waals surface area contributed by atoms with Gasteiger partial charge in [0.05, 0.1) is 0 Å². The Balaban J connectivity index is 1.56. The summed E-state index contributed by atoms with van der Waals surface area (Å²) in [6.07, 6.45) is 1.69. The second kappa shape index (κ2) is 15.9. The zero-order valence-corrected chi connectivity index (χ0v) is 23.1. The lowest BCUT2D eigenvalue weighted by molar-refractivity contribution is -0.138. The van der Waals surface area contributed by atoms with Crippen LogP contribution < -0.4 is 22.1 Å². The number of hydrogen-bond donors (Lipinski definition) is 5. The standard InChI is InChI=1S/C32H38N4O5/c33-21-5-4-8-27(31(34)40)36-32(41)28(18-20-30(38)39)35-29(37)19-11-22-9-12-24(13-10-22)26-16-14-25(15-17-26)23-6-2-1-3-7-23/h1-3,6-7,9-10,12-17,27-28H,4-5,8,11,18-21,33H2,(H2,34,40)(H,35,37)(H,36,41)(H,38,39)/t27-,28?/m0/s1. The fraction of sp³-hybridized carbons (Fsp3) is 0.312. The number of carboxylic acid groups (broad SMARTS) is 1. The number of hydrogen-bond acceptors (Lipinski definition) is 5. The van der Waals surface area contributed by atoms with Crippen molar-refractivity contribution in [1.82, 2.24) is 10.6 Å². The topological polar surface area (TPSA) is 165 Å². The van der Waals surface area contributed by atoms with Gasteiger partial charge in [0.25, 0.3) is 0 Å². The van der Waals surface area contributed by atoms with E-state index in [1.54, 1.807) is 0 Å². The van der Waals surface area contributed by atoms with Crippen LogP contribution in [-0.2, 0) is 25.6 Å². The van der Waals surface area contributed by atoms with Crippen molar-refractivity contribution < 1.29 is 24.3 Å². The van der Waals surface area contributed by atoms with Gasteiger partial charge in [-0.25, -0.2) is 0 Å². The summed E-state index contributed by atoms with van der Waals surface area (Å²) >= 11 is 0. The molecule has 3 amide bonds. The van der Waals surface area contributed by atoms with Crippen LogP contribution in [0.4, 0.5) is 0 Å². The number of carboxylic acids is 1. The van der Waals surface area contributed by atoms with Crippen molar-refractivity contribution in [2.24, 2.45) is 11.5 Å². The van der Waals surface area contributed by atoms with Crippen molar-refractivity contribution >= 4 is 23.7 Å². The van der Waals surface area contributed by atoms with E-state index >= 15 is 0 Å². The predicted octanol–water partition coefficient (Wildman–Crippen LogP) is 3.40. The van der Waals surface area contributed by atoms with E-state index in [4.69, 9.17) is 16.6 Å². The van der Waals surface area contributed by atoms with E-state index < -0.39 is 35.8 Å². The molecule has 3 aromatic rings. The molecule has 9 nitrogen and oxygen atoms in total. The van der Waals surface area contributed by atoms with Crippen molar-refractivity contribution in [3.8, 4) is 22.3 Å². The second-order valence-corrected chi connectivity index (χ2v) is 9.94. The maximum atomic E-state index is 12.8. The van der Waals surface area contributed by atoms with Crippen molar-refractivity contribution in [1.29, 1.82) is 0 Å². The van der Waals surface area contributed by atoms with E-state index in [9.17, 15) is 19.2 Å². The first-order valence-corrected chi connectivity index (χ1v) is 13.8. The number of aryl methyl sites for hydroxylation is 1. The fourth-order valence-electron chi connectivity index (χ4n) is 4.46. The Hall–Kier alpha value is -4.50. The molecule has 9 heteroatoms. The van der Waals surface area contributed by atoms with E-state index in [1.807, 2.05) is 42.5 Å². The predicted molar refractivity (Wildman–Crippen MR) is 158 cm³/mol. The SMILES string of the molecule is NCCCC[C@H](NC(=O)C(CCC(=O)O)NC(=O)CCc1ccc(-c2ccc(-c3ccccc3)cc2)cc1)C(N)=O. The van der Waals surface area contributed by atoms with Gasteiger partial charge in [0, 0.05) is 12.8 Å². The first kappa shape index (κ1) is 31.0. The number of rotatable bonds is 16. The summed E-state index contributed by atoms with van der Waals surface area (Å²) in [7, 11) is 0. The first-order chi connectivity index (χ1) is 19.8. The first-order valence-electron chi connectivity index (χ1n) is 13.8. The Morgan fingerprint density at radius 2 is 1.24 bits per heavy atom. The molecule has 0 bridgehead atoms. The quantitative estimate of drug-likeness (QED) is 0.169. The Morgan fingerprint density at radius 1 is 0.683 bits per heavy atom. The van der Waals surface area contributed by atoms with E-state index in [0.717, 1.165) is 27.8 Å². The van der Waals surface area contributed by atoms with E-state index in [1.165, 1.54) is 0 Å². The van der Waals surface area contributed by atoms with Crippen LogP contribution >= 0.6 is 0 Å². The number of carbonyl (C=O) groups excluding carboxylic acids is 3. The fourth-order valence-corrected chi connectivity index (χ4v) is 4.46. The van der Waals surface area contributed by atoms with Gasteiger partial charge in [-0.3, -0.25) is 19.2 Å². The van der Waals surface area contributed by atoms with Crippen molar-refractivity contribution in [3.63, 3.8) is 0 Å². The van der Waals surface area contributed by atoms with Crippen molar-refractivity contribution in [2.45, 2.75) is 57.0 Å². The summed E-state index contributed by atoms with van der Waals surface area (Å²) in [5.74, 6) is -2.83. The van der Waals surface area contributed by atoms with Gasteiger partial charge in [-0.2, -0.15) is 0 Å².